The summed E-state index contributed by atoms with van der Waals surface area (Å²) in [5, 5.41) is 11.2. The second-order valence-electron chi connectivity index (χ2n) is 10.6. The van der Waals surface area contributed by atoms with Gasteiger partial charge in [0.2, 0.25) is 0 Å². The van der Waals surface area contributed by atoms with Crippen LogP contribution in [-0.2, 0) is 11.3 Å². The Kier molecular flexibility index (Phi) is 4.40. The van der Waals surface area contributed by atoms with Crippen molar-refractivity contribution in [1.82, 2.24) is 20.2 Å². The lowest BCUT2D eigenvalue weighted by Crippen LogP contribution is -2.56. The van der Waals surface area contributed by atoms with Crippen LogP contribution < -0.4 is 0 Å². The van der Waals surface area contributed by atoms with Gasteiger partial charge in [-0.2, -0.15) is 0 Å². The first-order chi connectivity index (χ1) is 13.4. The molecule has 4 aliphatic rings. The third kappa shape index (κ3) is 2.69. The van der Waals surface area contributed by atoms with E-state index in [0.29, 0.717) is 17.8 Å². The van der Waals surface area contributed by atoms with Crippen LogP contribution in [-0.4, -0.2) is 31.7 Å². The molecule has 0 radical (unpaired) electrons. The molecule has 6 heteroatoms. The van der Waals surface area contributed by atoms with Crippen LogP contribution in [0.3, 0.4) is 0 Å². The standard InChI is InChI=1S/C22H33FN4O/c1-14-7-10-22(23)15(11-14)3-4-16-17-5-6-19(21(17,2)9-8-18(16)22)20(28)12-27-13-24-25-26-27/h13-19H,3-12H2,1-2H3/t14-,15+,16-,17?,18?,19+,21-,22+/m0/s1. The van der Waals surface area contributed by atoms with E-state index >= 15 is 4.39 Å². The average Bonchev–Trinajstić information content (AvgIpc) is 3.29. The first-order valence-electron chi connectivity index (χ1n) is 11.3. The van der Waals surface area contributed by atoms with Crippen molar-refractivity contribution in [3.63, 3.8) is 0 Å². The second kappa shape index (κ2) is 6.60. The minimum atomic E-state index is -0.939. The Morgan fingerprint density at radius 3 is 2.79 bits per heavy atom. The zero-order valence-electron chi connectivity index (χ0n) is 17.2. The zero-order valence-corrected chi connectivity index (χ0v) is 17.2. The van der Waals surface area contributed by atoms with Crippen LogP contribution >= 0.6 is 0 Å². The van der Waals surface area contributed by atoms with Gasteiger partial charge in [0, 0.05) is 5.92 Å². The van der Waals surface area contributed by atoms with Crippen LogP contribution in [0.2, 0.25) is 0 Å². The average molecular weight is 389 g/mol. The first kappa shape index (κ1) is 18.7. The van der Waals surface area contributed by atoms with Crippen LogP contribution in [0.1, 0.15) is 71.6 Å². The van der Waals surface area contributed by atoms with Crippen molar-refractivity contribution in [2.24, 2.45) is 40.9 Å². The van der Waals surface area contributed by atoms with Gasteiger partial charge < -0.3 is 0 Å². The van der Waals surface area contributed by atoms with Gasteiger partial charge in [-0.1, -0.05) is 13.8 Å². The van der Waals surface area contributed by atoms with Crippen molar-refractivity contribution in [2.45, 2.75) is 83.8 Å². The minimum absolute atomic E-state index is 0.0252. The molecule has 8 atom stereocenters. The van der Waals surface area contributed by atoms with E-state index in [9.17, 15) is 4.79 Å². The monoisotopic (exact) mass is 388 g/mol. The maximum absolute atomic E-state index is 16.3. The number of nitrogens with zero attached hydrogens (tertiary/aromatic N) is 4. The van der Waals surface area contributed by atoms with Gasteiger partial charge in [0.1, 0.15) is 18.5 Å². The van der Waals surface area contributed by atoms with Crippen molar-refractivity contribution in [2.75, 3.05) is 0 Å². The summed E-state index contributed by atoms with van der Waals surface area (Å²) in [5.74, 6) is 2.49. The Labute approximate surface area is 166 Å². The second-order valence-corrected chi connectivity index (χ2v) is 10.6. The van der Waals surface area contributed by atoms with Gasteiger partial charge in [0.15, 0.2) is 5.78 Å². The number of carbonyl (C=O) groups is 1. The number of hydrogen-bond acceptors (Lipinski definition) is 4. The number of halogens is 1. The number of aromatic nitrogens is 4. The number of fused-ring (bicyclic) bond motifs is 5. The Morgan fingerprint density at radius 2 is 2.00 bits per heavy atom. The molecule has 1 aromatic rings. The molecule has 5 nitrogen and oxygen atoms in total. The molecule has 0 saturated heterocycles. The molecule has 0 N–H and O–H groups in total. The quantitative estimate of drug-likeness (QED) is 0.777. The third-order valence-electron chi connectivity index (χ3n) is 9.39. The molecular formula is C22H33FN4O. The fourth-order valence-corrected chi connectivity index (χ4v) is 8.05. The van der Waals surface area contributed by atoms with Gasteiger partial charge in [-0.05, 0) is 103 Å². The van der Waals surface area contributed by atoms with Gasteiger partial charge in [-0.15, -0.1) is 5.10 Å². The van der Waals surface area contributed by atoms with Gasteiger partial charge >= 0.3 is 0 Å². The van der Waals surface area contributed by atoms with E-state index in [-0.39, 0.29) is 35.5 Å². The molecule has 0 spiro atoms. The number of hydrogen-bond donors (Lipinski definition) is 0. The lowest BCUT2D eigenvalue weighted by atomic mass is 9.48. The Bertz CT molecular complexity index is 739. The fourth-order valence-electron chi connectivity index (χ4n) is 8.05. The Hall–Kier alpha value is -1.33. The predicted molar refractivity (Wildman–Crippen MR) is 103 cm³/mol. The van der Waals surface area contributed by atoms with E-state index in [0.717, 1.165) is 51.4 Å². The summed E-state index contributed by atoms with van der Waals surface area (Å²) < 4.78 is 17.9. The molecule has 28 heavy (non-hydrogen) atoms. The molecule has 4 aliphatic carbocycles. The van der Waals surface area contributed by atoms with Crippen LogP contribution in [0, 0.1) is 40.9 Å². The lowest BCUT2D eigenvalue weighted by molar-refractivity contribution is -0.146. The summed E-state index contributed by atoms with van der Waals surface area (Å²) in [6.07, 6.45) is 10.6. The molecule has 2 unspecified atom stereocenters. The third-order valence-corrected chi connectivity index (χ3v) is 9.39. The minimum Gasteiger partial charge on any atom is -0.297 e. The smallest absolute Gasteiger partial charge is 0.158 e. The van der Waals surface area contributed by atoms with Crippen LogP contribution in [0.25, 0.3) is 0 Å². The number of carbonyl (C=O) groups excluding carboxylic acids is 1. The van der Waals surface area contributed by atoms with Crippen molar-refractivity contribution in [3.8, 4) is 0 Å². The highest BCUT2D eigenvalue weighted by Gasteiger charge is 2.62. The van der Waals surface area contributed by atoms with Gasteiger partial charge in [0.05, 0.1) is 0 Å². The van der Waals surface area contributed by atoms with Crippen LogP contribution in [0.5, 0.6) is 0 Å². The Morgan fingerprint density at radius 1 is 1.14 bits per heavy atom. The first-order valence-corrected chi connectivity index (χ1v) is 11.3. The highest BCUT2D eigenvalue weighted by Crippen LogP contribution is 2.66. The maximum atomic E-state index is 16.3. The largest absolute Gasteiger partial charge is 0.297 e. The van der Waals surface area contributed by atoms with E-state index < -0.39 is 5.67 Å². The van der Waals surface area contributed by atoms with E-state index in [1.54, 1.807) is 0 Å². The number of Topliss-reactive ketones (excluding diaryl/α,β-unsaturated/α-hetero) is 1. The number of ketones is 1. The number of alkyl halides is 1. The van der Waals surface area contributed by atoms with Crippen LogP contribution in [0.4, 0.5) is 4.39 Å². The highest BCUT2D eigenvalue weighted by molar-refractivity contribution is 5.82. The molecule has 1 heterocycles. The van der Waals surface area contributed by atoms with E-state index in [1.165, 1.54) is 17.4 Å². The highest BCUT2D eigenvalue weighted by atomic mass is 19.1. The lowest BCUT2D eigenvalue weighted by Gasteiger charge is -2.58. The summed E-state index contributed by atoms with van der Waals surface area (Å²) in [4.78, 5) is 13.1. The Balaban J connectivity index is 1.36. The molecule has 1 aromatic heterocycles. The summed E-state index contributed by atoms with van der Waals surface area (Å²) in [6.45, 7) is 4.88. The molecule has 154 valence electrons. The fraction of sp³-hybridized carbons (Fsp3) is 0.909. The number of tetrazole rings is 1. The van der Waals surface area contributed by atoms with Crippen molar-refractivity contribution in [3.05, 3.63) is 6.33 Å². The van der Waals surface area contributed by atoms with Gasteiger partial charge in [0.25, 0.3) is 0 Å². The molecule has 0 aliphatic heterocycles. The van der Waals surface area contributed by atoms with Gasteiger partial charge in [-0.25, -0.2) is 9.07 Å². The molecule has 0 aromatic carbocycles. The maximum Gasteiger partial charge on any atom is 0.158 e. The van der Waals surface area contributed by atoms with E-state index in [4.69, 9.17) is 0 Å². The van der Waals surface area contributed by atoms with E-state index in [2.05, 4.69) is 29.4 Å². The van der Waals surface area contributed by atoms with Crippen molar-refractivity contribution >= 4 is 5.78 Å². The topological polar surface area (TPSA) is 60.7 Å². The summed E-state index contributed by atoms with van der Waals surface area (Å²) in [7, 11) is 0. The van der Waals surface area contributed by atoms with Crippen molar-refractivity contribution < 1.29 is 9.18 Å². The SMILES string of the molecule is C[C@H]1CC[C@]2(F)C3CC[C@@]4(C)C(CC[C@@H]4C(=O)Cn4cnnn4)[C@@H]3CC[C@@H]2C1. The summed E-state index contributed by atoms with van der Waals surface area (Å²) >= 11 is 0. The molecule has 5 rings (SSSR count). The molecule has 4 saturated carbocycles. The molecule has 4 fully saturated rings. The predicted octanol–water partition coefficient (Wildman–Crippen LogP) is 4.24. The van der Waals surface area contributed by atoms with Gasteiger partial charge in [-0.3, -0.25) is 4.79 Å². The molecule has 0 amide bonds. The number of rotatable bonds is 3. The summed E-state index contributed by atoms with van der Waals surface area (Å²) in [6, 6.07) is 0. The van der Waals surface area contributed by atoms with E-state index in [1.807, 2.05) is 0 Å². The molecule has 0 bridgehead atoms. The summed E-state index contributed by atoms with van der Waals surface area (Å²) in [5.41, 5.74) is -0.914. The zero-order chi connectivity index (χ0) is 19.5. The van der Waals surface area contributed by atoms with Crippen LogP contribution in [0.15, 0.2) is 6.33 Å². The molecular weight excluding hydrogens is 355 g/mol. The normalized spacial score (nSPS) is 47.8. The van der Waals surface area contributed by atoms with Crippen molar-refractivity contribution in [1.29, 1.82) is 0 Å².